The number of hydrogen-bond donors (Lipinski definition) is 2. The van der Waals surface area contributed by atoms with Crippen molar-refractivity contribution in [1.29, 1.82) is 0 Å². The van der Waals surface area contributed by atoms with Crippen LogP contribution in [0, 0.1) is 5.82 Å². The first-order chi connectivity index (χ1) is 25.5. The van der Waals surface area contributed by atoms with Gasteiger partial charge in [-0.15, -0.1) is 0 Å². The molecule has 54 heavy (non-hydrogen) atoms. The Balaban J connectivity index is 0.000000210. The molecule has 8 amide bonds. The summed E-state index contributed by atoms with van der Waals surface area (Å²) in [5, 5.41) is 4.28. The van der Waals surface area contributed by atoms with E-state index in [0.717, 1.165) is 33.1 Å². The molecule has 0 aliphatic carbocycles. The summed E-state index contributed by atoms with van der Waals surface area (Å²) in [4.78, 5) is 110. The van der Waals surface area contributed by atoms with Crippen LogP contribution in [-0.4, -0.2) is 80.7 Å². The van der Waals surface area contributed by atoms with Gasteiger partial charge in [0.05, 0.1) is 27.8 Å². The largest absolute Gasteiger partial charge is 0.456 e. The zero-order valence-electron chi connectivity index (χ0n) is 29.5. The van der Waals surface area contributed by atoms with Crippen molar-refractivity contribution in [3.63, 3.8) is 0 Å². The van der Waals surface area contributed by atoms with Crippen LogP contribution in [-0.2, 0) is 36.8 Å². The minimum absolute atomic E-state index is 0.0537. The number of nitrogens with one attached hydrogen (secondary N) is 2. The van der Waals surface area contributed by atoms with Crippen molar-refractivity contribution in [3.05, 3.63) is 105 Å². The van der Waals surface area contributed by atoms with Gasteiger partial charge in [0.15, 0.2) is 0 Å². The van der Waals surface area contributed by atoms with Crippen molar-refractivity contribution in [1.82, 2.24) is 20.4 Å². The molecule has 4 heterocycles. The lowest BCUT2D eigenvalue weighted by atomic mass is 9.99. The number of carbonyl (C=O) groups excluding carboxylic acids is 9. The van der Waals surface area contributed by atoms with Crippen LogP contribution in [0.2, 0.25) is 0 Å². The number of piperidine rings is 2. The Hall–Kier alpha value is -6.38. The molecule has 2 saturated heterocycles. The zero-order chi connectivity index (χ0) is 39.1. The number of hydrogen-bond acceptors (Lipinski definition) is 10. The van der Waals surface area contributed by atoms with Crippen LogP contribution in [0.3, 0.4) is 0 Å². The monoisotopic (exact) mass is 738 g/mol. The standard InChI is InChI=1S/C26H26N2O6.C13H9FN2O4/c1-26(2,3)34-25(33)17-9-6-15(7-10-17)4-5-16-8-11-18-19(14-16)24(32)28(23(18)31)20-12-13-21(29)27-22(20)30;14-6-1-2-7-8(5-6)13(20)16(12(7)19)9-3-4-10(17)15-11(9)18/h6-11,14,20H,4-5,12-13H2,1-3H3,(H,27,29,30);1-2,5,9H,3-4H2,(H,15,17,18). The van der Waals surface area contributed by atoms with Crippen LogP contribution in [0.15, 0.2) is 60.7 Å². The SMILES string of the molecule is CC(C)(C)OC(=O)c1ccc(CCc2ccc3c(c2)C(=O)N(C2CCC(=O)NC2=O)C3=O)cc1.O=C1CCC(N2C(=O)c3ccc(F)cc3C2=O)C(=O)N1. The minimum atomic E-state index is -1.02. The van der Waals surface area contributed by atoms with Crippen LogP contribution in [0.25, 0.3) is 0 Å². The van der Waals surface area contributed by atoms with Gasteiger partial charge in [-0.05, 0) is 100 Å². The summed E-state index contributed by atoms with van der Waals surface area (Å²) in [6.45, 7) is 5.45. The van der Waals surface area contributed by atoms with Crippen LogP contribution >= 0.6 is 0 Å². The maximum Gasteiger partial charge on any atom is 0.338 e. The van der Waals surface area contributed by atoms with E-state index in [9.17, 15) is 47.5 Å². The highest BCUT2D eigenvalue weighted by Gasteiger charge is 2.46. The number of imide groups is 4. The molecule has 0 spiro atoms. The predicted molar refractivity (Wildman–Crippen MR) is 185 cm³/mol. The number of carbonyl (C=O) groups is 9. The van der Waals surface area contributed by atoms with Crippen molar-refractivity contribution in [3.8, 4) is 0 Å². The smallest absolute Gasteiger partial charge is 0.338 e. The highest BCUT2D eigenvalue weighted by Crippen LogP contribution is 2.30. The van der Waals surface area contributed by atoms with E-state index in [1.54, 1.807) is 30.3 Å². The van der Waals surface area contributed by atoms with Crippen LogP contribution < -0.4 is 10.6 Å². The van der Waals surface area contributed by atoms with E-state index in [1.807, 2.05) is 32.9 Å². The molecular weight excluding hydrogens is 703 g/mol. The van der Waals surface area contributed by atoms with E-state index in [4.69, 9.17) is 4.74 Å². The van der Waals surface area contributed by atoms with E-state index in [-0.39, 0.29) is 53.9 Å². The first kappa shape index (κ1) is 37.4. The van der Waals surface area contributed by atoms with E-state index in [1.165, 1.54) is 6.07 Å². The normalized spacial score (nSPS) is 19.6. The highest BCUT2D eigenvalue weighted by molar-refractivity contribution is 6.24. The number of esters is 1. The van der Waals surface area contributed by atoms with Crippen molar-refractivity contribution in [2.75, 3.05) is 0 Å². The Bertz CT molecular complexity index is 2160. The van der Waals surface area contributed by atoms with Crippen LogP contribution in [0.1, 0.15) is 109 Å². The number of ether oxygens (including phenoxy) is 1. The highest BCUT2D eigenvalue weighted by atomic mass is 19.1. The summed E-state index contributed by atoms with van der Waals surface area (Å²) < 4.78 is 18.5. The summed E-state index contributed by atoms with van der Waals surface area (Å²) in [5.74, 6) is -5.53. The minimum Gasteiger partial charge on any atom is -0.456 e. The van der Waals surface area contributed by atoms with Gasteiger partial charge in [0, 0.05) is 12.8 Å². The molecule has 0 radical (unpaired) electrons. The summed E-state index contributed by atoms with van der Waals surface area (Å²) in [5.41, 5.74) is 2.36. The fraction of sp³-hybridized carbons (Fsp3) is 0.308. The summed E-state index contributed by atoms with van der Waals surface area (Å²) >= 11 is 0. The molecule has 0 bridgehead atoms. The maximum absolute atomic E-state index is 13.2. The number of aryl methyl sites for hydroxylation is 2. The summed E-state index contributed by atoms with van der Waals surface area (Å²) in [7, 11) is 0. The van der Waals surface area contributed by atoms with Gasteiger partial charge in [-0.25, -0.2) is 9.18 Å². The number of halogens is 1. The van der Waals surface area contributed by atoms with Gasteiger partial charge in [-0.1, -0.05) is 18.2 Å². The molecule has 4 aliphatic rings. The third-order valence-corrected chi connectivity index (χ3v) is 9.20. The molecule has 4 aliphatic heterocycles. The molecule has 0 saturated carbocycles. The molecule has 2 N–H and O–H groups in total. The molecule has 2 unspecified atom stereocenters. The van der Waals surface area contributed by atoms with Gasteiger partial charge in [-0.2, -0.15) is 0 Å². The van der Waals surface area contributed by atoms with Gasteiger partial charge in [0.1, 0.15) is 23.5 Å². The van der Waals surface area contributed by atoms with E-state index in [0.29, 0.717) is 18.4 Å². The van der Waals surface area contributed by atoms with Crippen molar-refractivity contribution < 1.29 is 52.3 Å². The Morgan fingerprint density at radius 3 is 1.59 bits per heavy atom. The molecule has 3 aromatic rings. The Morgan fingerprint density at radius 1 is 0.648 bits per heavy atom. The number of nitrogens with zero attached hydrogens (tertiary/aromatic N) is 2. The number of benzene rings is 3. The lowest BCUT2D eigenvalue weighted by molar-refractivity contribution is -0.137. The average Bonchev–Trinajstić information content (AvgIpc) is 3.50. The fourth-order valence-corrected chi connectivity index (χ4v) is 6.55. The molecular formula is C39H35FN4O10. The molecule has 14 nitrogen and oxygen atoms in total. The lowest BCUT2D eigenvalue weighted by Gasteiger charge is -2.27. The van der Waals surface area contributed by atoms with Gasteiger partial charge in [0.2, 0.25) is 23.6 Å². The Labute approximate surface area is 308 Å². The molecule has 278 valence electrons. The second-order valence-corrected chi connectivity index (χ2v) is 14.2. The topological polar surface area (TPSA) is 193 Å². The first-order valence-electron chi connectivity index (χ1n) is 17.2. The lowest BCUT2D eigenvalue weighted by Crippen LogP contribution is -2.54. The zero-order valence-corrected chi connectivity index (χ0v) is 29.5. The fourth-order valence-electron chi connectivity index (χ4n) is 6.55. The summed E-state index contributed by atoms with van der Waals surface area (Å²) in [6.07, 6.45) is 1.65. The van der Waals surface area contributed by atoms with E-state index >= 15 is 0 Å². The molecule has 15 heteroatoms. The van der Waals surface area contributed by atoms with Crippen molar-refractivity contribution in [2.24, 2.45) is 0 Å². The number of fused-ring (bicyclic) bond motifs is 2. The second kappa shape index (κ2) is 14.6. The predicted octanol–water partition coefficient (Wildman–Crippen LogP) is 3.06. The first-order valence-corrected chi connectivity index (χ1v) is 17.2. The van der Waals surface area contributed by atoms with Crippen molar-refractivity contribution in [2.45, 2.75) is 77.0 Å². The number of amides is 8. The Kier molecular flexibility index (Phi) is 10.1. The van der Waals surface area contributed by atoms with Crippen LogP contribution in [0.4, 0.5) is 4.39 Å². The van der Waals surface area contributed by atoms with E-state index < -0.39 is 70.8 Å². The average molecular weight is 739 g/mol. The van der Waals surface area contributed by atoms with Gasteiger partial charge >= 0.3 is 5.97 Å². The summed E-state index contributed by atoms with van der Waals surface area (Å²) in [6, 6.07) is 13.6. The van der Waals surface area contributed by atoms with E-state index in [2.05, 4.69) is 10.6 Å². The molecule has 3 aromatic carbocycles. The van der Waals surface area contributed by atoms with Crippen molar-refractivity contribution >= 4 is 53.2 Å². The second-order valence-electron chi connectivity index (χ2n) is 14.2. The van der Waals surface area contributed by atoms with Gasteiger partial charge in [0.25, 0.3) is 23.6 Å². The Morgan fingerprint density at radius 2 is 1.09 bits per heavy atom. The maximum atomic E-state index is 13.2. The van der Waals surface area contributed by atoms with Crippen LogP contribution in [0.5, 0.6) is 0 Å². The third kappa shape index (κ3) is 7.56. The van der Waals surface area contributed by atoms with Gasteiger partial charge in [-0.3, -0.25) is 58.8 Å². The molecule has 2 fully saturated rings. The number of rotatable bonds is 6. The quantitative estimate of drug-likeness (QED) is 0.281. The molecule has 0 aromatic heterocycles. The molecule has 2 atom stereocenters. The third-order valence-electron chi connectivity index (χ3n) is 9.20. The molecule has 7 rings (SSSR count). The van der Waals surface area contributed by atoms with Gasteiger partial charge < -0.3 is 4.74 Å².